The Hall–Kier alpha value is -0.650. The monoisotopic (exact) mass is 279 g/mol. The van der Waals surface area contributed by atoms with Gasteiger partial charge in [-0.2, -0.15) is 11.8 Å². The maximum absolute atomic E-state index is 6.10. The molecule has 2 fully saturated rings. The molecule has 0 aromatic carbocycles. The lowest BCUT2D eigenvalue weighted by molar-refractivity contribution is -0.0852. The zero-order valence-electron chi connectivity index (χ0n) is 11.3. The first-order valence-electron chi connectivity index (χ1n) is 6.98. The molecule has 3 unspecified atom stereocenters. The van der Waals surface area contributed by atoms with Crippen molar-refractivity contribution in [1.29, 1.82) is 0 Å². The van der Waals surface area contributed by atoms with Crippen LogP contribution in [-0.4, -0.2) is 40.7 Å². The fraction of sp³-hybridized carbons (Fsp3) is 0.714. The maximum Gasteiger partial charge on any atom is 0.0783 e. The van der Waals surface area contributed by atoms with E-state index in [0.29, 0.717) is 12.0 Å². The summed E-state index contributed by atoms with van der Waals surface area (Å²) in [6.07, 6.45) is 8.84. The van der Waals surface area contributed by atoms with E-state index in [-0.39, 0.29) is 5.60 Å². The van der Waals surface area contributed by atoms with Gasteiger partial charge in [-0.15, -0.1) is 0 Å². The zero-order valence-corrected chi connectivity index (χ0v) is 12.2. The van der Waals surface area contributed by atoms with Gasteiger partial charge in [0, 0.05) is 31.0 Å². The maximum atomic E-state index is 6.10. The average Bonchev–Trinajstić information content (AvgIpc) is 2.89. The normalized spacial score (nSPS) is 32.6. The number of hydrogen-bond donors (Lipinski definition) is 1. The van der Waals surface area contributed by atoms with Crippen LogP contribution in [0.4, 0.5) is 0 Å². The first-order valence-corrected chi connectivity index (χ1v) is 8.13. The van der Waals surface area contributed by atoms with Crippen molar-refractivity contribution in [3.05, 3.63) is 24.3 Å². The molecule has 0 bridgehead atoms. The lowest BCUT2D eigenvalue weighted by Crippen LogP contribution is -2.43. The lowest BCUT2D eigenvalue weighted by atomic mass is 9.80. The molecular weight excluding hydrogens is 258 g/mol. The standard InChI is InChI=1S/C14H21N3OS/c1-15-13(12-9-16-4-5-17-12)11-2-6-18-14(8-11)3-7-19-10-14/h4-5,9,11,13,15H,2-3,6-8,10H2,1H3. The Morgan fingerprint density at radius 2 is 2.47 bits per heavy atom. The van der Waals surface area contributed by atoms with Crippen LogP contribution in [0.1, 0.15) is 31.0 Å². The van der Waals surface area contributed by atoms with E-state index in [0.717, 1.165) is 30.9 Å². The molecule has 2 aliphatic rings. The van der Waals surface area contributed by atoms with Crippen molar-refractivity contribution >= 4 is 11.8 Å². The van der Waals surface area contributed by atoms with Crippen LogP contribution >= 0.6 is 11.8 Å². The smallest absolute Gasteiger partial charge is 0.0783 e. The minimum Gasteiger partial charge on any atom is -0.374 e. The lowest BCUT2D eigenvalue weighted by Gasteiger charge is -2.40. The van der Waals surface area contributed by atoms with Gasteiger partial charge in [-0.3, -0.25) is 9.97 Å². The first-order chi connectivity index (χ1) is 9.33. The fourth-order valence-corrected chi connectivity index (χ4v) is 4.69. The molecule has 4 nitrogen and oxygen atoms in total. The predicted octanol–water partition coefficient (Wildman–Crippen LogP) is 2.04. The van der Waals surface area contributed by atoms with E-state index in [1.807, 2.05) is 25.0 Å². The zero-order chi connectivity index (χ0) is 13.1. The summed E-state index contributed by atoms with van der Waals surface area (Å²) in [4.78, 5) is 8.67. The molecule has 19 heavy (non-hydrogen) atoms. The van der Waals surface area contributed by atoms with Gasteiger partial charge in [0.2, 0.25) is 0 Å². The van der Waals surface area contributed by atoms with E-state index in [1.54, 1.807) is 12.4 Å². The molecule has 2 aliphatic heterocycles. The summed E-state index contributed by atoms with van der Waals surface area (Å²) in [5.74, 6) is 2.98. The van der Waals surface area contributed by atoms with Crippen molar-refractivity contribution in [2.45, 2.75) is 30.9 Å². The Morgan fingerprint density at radius 1 is 1.53 bits per heavy atom. The number of rotatable bonds is 3. The summed E-state index contributed by atoms with van der Waals surface area (Å²) in [6, 6.07) is 0.292. The Kier molecular flexibility index (Phi) is 4.05. The Balaban J connectivity index is 1.76. The number of nitrogens with zero attached hydrogens (tertiary/aromatic N) is 2. The van der Waals surface area contributed by atoms with E-state index >= 15 is 0 Å². The molecule has 3 atom stereocenters. The summed E-state index contributed by atoms with van der Waals surface area (Å²) in [5.41, 5.74) is 1.18. The fourth-order valence-electron chi connectivity index (χ4n) is 3.31. The summed E-state index contributed by atoms with van der Waals surface area (Å²) in [5, 5.41) is 3.43. The molecule has 1 aromatic rings. The molecule has 5 heteroatoms. The topological polar surface area (TPSA) is 47.0 Å². The largest absolute Gasteiger partial charge is 0.374 e. The number of nitrogens with one attached hydrogen (secondary N) is 1. The van der Waals surface area contributed by atoms with E-state index in [9.17, 15) is 0 Å². The third-order valence-corrected chi connectivity index (χ3v) is 5.51. The second-order valence-corrected chi connectivity index (χ2v) is 6.59. The van der Waals surface area contributed by atoms with Crippen molar-refractivity contribution in [2.75, 3.05) is 25.2 Å². The van der Waals surface area contributed by atoms with E-state index in [4.69, 9.17) is 4.74 Å². The van der Waals surface area contributed by atoms with Gasteiger partial charge in [0.15, 0.2) is 0 Å². The summed E-state index contributed by atoms with van der Waals surface area (Å²) in [6.45, 7) is 0.879. The molecule has 1 aromatic heterocycles. The minimum atomic E-state index is 0.130. The van der Waals surface area contributed by atoms with Crippen LogP contribution in [-0.2, 0) is 4.74 Å². The van der Waals surface area contributed by atoms with Crippen LogP contribution in [0, 0.1) is 5.92 Å². The Morgan fingerprint density at radius 3 is 3.16 bits per heavy atom. The highest BCUT2D eigenvalue weighted by Gasteiger charge is 2.42. The van der Waals surface area contributed by atoms with Crippen LogP contribution < -0.4 is 5.32 Å². The molecular formula is C14H21N3OS. The highest BCUT2D eigenvalue weighted by atomic mass is 32.2. The molecule has 1 N–H and O–H groups in total. The molecule has 0 amide bonds. The van der Waals surface area contributed by atoms with E-state index in [2.05, 4.69) is 15.3 Å². The summed E-state index contributed by atoms with van der Waals surface area (Å²) < 4.78 is 6.10. The van der Waals surface area contributed by atoms with Crippen LogP contribution in [0.25, 0.3) is 0 Å². The Bertz CT molecular complexity index is 408. The van der Waals surface area contributed by atoms with Gasteiger partial charge in [0.25, 0.3) is 0 Å². The molecule has 0 aliphatic carbocycles. The summed E-state index contributed by atoms with van der Waals surface area (Å²) in [7, 11) is 2.02. The van der Waals surface area contributed by atoms with Crippen molar-refractivity contribution < 1.29 is 4.74 Å². The Labute approximate surface area is 118 Å². The van der Waals surface area contributed by atoms with Crippen LogP contribution in [0.3, 0.4) is 0 Å². The predicted molar refractivity (Wildman–Crippen MR) is 77.2 cm³/mol. The van der Waals surface area contributed by atoms with Crippen LogP contribution in [0.5, 0.6) is 0 Å². The number of aromatic nitrogens is 2. The first kappa shape index (κ1) is 13.3. The summed E-state index contributed by atoms with van der Waals surface area (Å²) >= 11 is 2.02. The highest BCUT2D eigenvalue weighted by molar-refractivity contribution is 7.99. The number of ether oxygens (including phenoxy) is 1. The second kappa shape index (κ2) is 5.77. The number of hydrogen-bond acceptors (Lipinski definition) is 5. The van der Waals surface area contributed by atoms with Crippen LogP contribution in [0.2, 0.25) is 0 Å². The van der Waals surface area contributed by atoms with Crippen LogP contribution in [0.15, 0.2) is 18.6 Å². The van der Waals surface area contributed by atoms with Crippen molar-refractivity contribution in [1.82, 2.24) is 15.3 Å². The van der Waals surface area contributed by atoms with Gasteiger partial charge in [-0.05, 0) is 38.0 Å². The average molecular weight is 279 g/mol. The molecule has 1 spiro atoms. The number of thioether (sulfide) groups is 1. The third kappa shape index (κ3) is 2.78. The van der Waals surface area contributed by atoms with Gasteiger partial charge in [0.1, 0.15) is 0 Å². The van der Waals surface area contributed by atoms with Crippen molar-refractivity contribution in [2.24, 2.45) is 5.92 Å². The quantitative estimate of drug-likeness (QED) is 0.917. The molecule has 2 saturated heterocycles. The van der Waals surface area contributed by atoms with E-state index < -0.39 is 0 Å². The second-order valence-electron chi connectivity index (χ2n) is 5.48. The van der Waals surface area contributed by atoms with Gasteiger partial charge < -0.3 is 10.1 Å². The SMILES string of the molecule is CNC(c1cnccn1)C1CCOC2(CCSC2)C1. The van der Waals surface area contributed by atoms with Gasteiger partial charge in [-0.25, -0.2) is 0 Å². The van der Waals surface area contributed by atoms with Gasteiger partial charge in [0.05, 0.1) is 17.3 Å². The molecule has 3 heterocycles. The third-order valence-electron chi connectivity index (χ3n) is 4.28. The van der Waals surface area contributed by atoms with E-state index in [1.165, 1.54) is 12.2 Å². The minimum absolute atomic E-state index is 0.130. The highest BCUT2D eigenvalue weighted by Crippen LogP contribution is 2.43. The van der Waals surface area contributed by atoms with Crippen molar-refractivity contribution in [3.8, 4) is 0 Å². The molecule has 0 saturated carbocycles. The van der Waals surface area contributed by atoms with Crippen molar-refractivity contribution in [3.63, 3.8) is 0 Å². The van der Waals surface area contributed by atoms with Gasteiger partial charge in [-0.1, -0.05) is 0 Å². The van der Waals surface area contributed by atoms with Gasteiger partial charge >= 0.3 is 0 Å². The molecule has 0 radical (unpaired) electrons. The molecule has 3 rings (SSSR count). The molecule has 104 valence electrons.